The maximum absolute atomic E-state index is 11.5. The highest BCUT2D eigenvalue weighted by molar-refractivity contribution is 7.85. The molecule has 0 saturated carbocycles. The average Bonchev–Trinajstić information content (AvgIpc) is 2.09. The molecule has 0 aliphatic carbocycles. The molecule has 0 fully saturated rings. The molecule has 0 aromatic carbocycles. The molecule has 0 spiro atoms. The van der Waals surface area contributed by atoms with E-state index in [2.05, 4.69) is 11.3 Å². The van der Waals surface area contributed by atoms with Crippen LogP contribution in [0.2, 0.25) is 0 Å². The second-order valence-corrected chi connectivity index (χ2v) is 6.43. The molecular formula is C11H23NOS. The van der Waals surface area contributed by atoms with E-state index in [0.29, 0.717) is 0 Å². The highest BCUT2D eigenvalue weighted by atomic mass is 32.2. The summed E-state index contributed by atoms with van der Waals surface area (Å²) >= 11 is 0. The Morgan fingerprint density at radius 2 is 1.86 bits per heavy atom. The Morgan fingerprint density at radius 3 is 2.36 bits per heavy atom. The lowest BCUT2D eigenvalue weighted by Gasteiger charge is -2.12. The van der Waals surface area contributed by atoms with Crippen LogP contribution < -0.4 is 0 Å². The molecule has 0 bridgehead atoms. The molecule has 0 aromatic rings. The monoisotopic (exact) mass is 217 g/mol. The minimum Gasteiger partial charge on any atom is -0.234 e. The lowest BCUT2D eigenvalue weighted by Crippen LogP contribution is -2.19. The number of nitrogens with zero attached hydrogens (tertiary/aromatic N) is 1. The second kappa shape index (κ2) is 7.16. The minimum atomic E-state index is -1.08. The summed E-state index contributed by atoms with van der Waals surface area (Å²) in [5, 5.41) is 0. The molecule has 0 saturated heterocycles. The lowest BCUT2D eigenvalue weighted by atomic mass is 10.2. The smallest absolute Gasteiger partial charge is 0.144 e. The molecule has 1 atom stereocenters. The van der Waals surface area contributed by atoms with E-state index in [-0.39, 0.29) is 4.75 Å². The third-order valence-electron chi connectivity index (χ3n) is 1.88. The van der Waals surface area contributed by atoms with Crippen LogP contribution in [0.15, 0.2) is 4.40 Å². The fourth-order valence-corrected chi connectivity index (χ4v) is 1.50. The van der Waals surface area contributed by atoms with Gasteiger partial charge in [0.2, 0.25) is 0 Å². The average molecular weight is 217 g/mol. The van der Waals surface area contributed by atoms with Crippen LogP contribution in [-0.2, 0) is 11.0 Å². The zero-order valence-corrected chi connectivity index (χ0v) is 10.7. The van der Waals surface area contributed by atoms with Crippen molar-refractivity contribution in [2.45, 2.75) is 64.5 Å². The number of unbranched alkanes of at least 4 members (excludes halogenated alkanes) is 4. The van der Waals surface area contributed by atoms with Crippen molar-refractivity contribution in [1.29, 1.82) is 0 Å². The molecule has 84 valence electrons. The summed E-state index contributed by atoms with van der Waals surface area (Å²) in [5.41, 5.74) is 0. The van der Waals surface area contributed by atoms with Crippen molar-refractivity contribution >= 4 is 17.2 Å². The minimum absolute atomic E-state index is 0.222. The van der Waals surface area contributed by atoms with Crippen molar-refractivity contribution in [2.24, 2.45) is 4.40 Å². The van der Waals surface area contributed by atoms with Gasteiger partial charge in [-0.25, -0.2) is 4.21 Å². The van der Waals surface area contributed by atoms with Crippen molar-refractivity contribution in [2.75, 3.05) is 0 Å². The Labute approximate surface area is 90.8 Å². The standard InChI is InChI=1S/C11H23NOS/c1-5-6-7-8-9-10-12-14(13)11(2,3)4/h10H,5-9H2,1-4H3/b12-10-/t14-/m0/s1. The van der Waals surface area contributed by atoms with Gasteiger partial charge in [0, 0.05) is 6.21 Å². The molecule has 0 heterocycles. The van der Waals surface area contributed by atoms with Gasteiger partial charge < -0.3 is 0 Å². The van der Waals surface area contributed by atoms with E-state index >= 15 is 0 Å². The first-order valence-electron chi connectivity index (χ1n) is 5.43. The zero-order valence-electron chi connectivity index (χ0n) is 9.88. The molecule has 0 rings (SSSR count). The van der Waals surface area contributed by atoms with Crippen molar-refractivity contribution in [3.05, 3.63) is 0 Å². The Kier molecular flexibility index (Phi) is 7.06. The van der Waals surface area contributed by atoms with Gasteiger partial charge in [0.1, 0.15) is 11.0 Å². The quantitative estimate of drug-likeness (QED) is 0.494. The van der Waals surface area contributed by atoms with Crippen molar-refractivity contribution < 1.29 is 4.21 Å². The van der Waals surface area contributed by atoms with Gasteiger partial charge in [-0.15, -0.1) is 0 Å². The van der Waals surface area contributed by atoms with Gasteiger partial charge in [0.25, 0.3) is 0 Å². The van der Waals surface area contributed by atoms with Crippen LogP contribution in [0.25, 0.3) is 0 Å². The summed E-state index contributed by atoms with van der Waals surface area (Å²) in [4.78, 5) is 0. The van der Waals surface area contributed by atoms with Gasteiger partial charge in [0.15, 0.2) is 0 Å². The molecular weight excluding hydrogens is 194 g/mol. The molecule has 0 radical (unpaired) electrons. The van der Waals surface area contributed by atoms with Crippen LogP contribution in [0.3, 0.4) is 0 Å². The lowest BCUT2D eigenvalue weighted by molar-refractivity contribution is 0.650. The fraction of sp³-hybridized carbons (Fsp3) is 0.909. The van der Waals surface area contributed by atoms with Crippen molar-refractivity contribution in [1.82, 2.24) is 0 Å². The predicted octanol–water partition coefficient (Wildman–Crippen LogP) is 3.49. The van der Waals surface area contributed by atoms with Gasteiger partial charge in [0.05, 0.1) is 4.75 Å². The molecule has 2 nitrogen and oxygen atoms in total. The Balaban J connectivity index is 3.58. The third-order valence-corrected chi connectivity index (χ3v) is 3.27. The highest BCUT2D eigenvalue weighted by Crippen LogP contribution is 2.11. The maximum Gasteiger partial charge on any atom is 0.144 e. The molecule has 0 aliphatic rings. The van der Waals surface area contributed by atoms with E-state index in [1.165, 1.54) is 25.7 Å². The van der Waals surface area contributed by atoms with Crippen molar-refractivity contribution in [3.63, 3.8) is 0 Å². The largest absolute Gasteiger partial charge is 0.234 e. The van der Waals surface area contributed by atoms with Crippen molar-refractivity contribution in [3.8, 4) is 0 Å². The molecule has 0 unspecified atom stereocenters. The normalized spacial score (nSPS) is 14.9. The highest BCUT2D eigenvalue weighted by Gasteiger charge is 2.17. The van der Waals surface area contributed by atoms with E-state index in [1.54, 1.807) is 0 Å². The third kappa shape index (κ3) is 7.25. The Morgan fingerprint density at radius 1 is 1.21 bits per heavy atom. The molecule has 0 aliphatic heterocycles. The summed E-state index contributed by atoms with van der Waals surface area (Å²) < 4.78 is 15.3. The first kappa shape index (κ1) is 13.8. The topological polar surface area (TPSA) is 29.4 Å². The van der Waals surface area contributed by atoms with Crippen LogP contribution in [0, 0.1) is 0 Å². The van der Waals surface area contributed by atoms with E-state index in [9.17, 15) is 4.21 Å². The summed E-state index contributed by atoms with van der Waals surface area (Å²) in [5.74, 6) is 0. The second-order valence-electron chi connectivity index (χ2n) is 4.50. The summed E-state index contributed by atoms with van der Waals surface area (Å²) in [6.07, 6.45) is 7.74. The Hall–Kier alpha value is -0.180. The first-order valence-corrected chi connectivity index (χ1v) is 6.53. The molecule has 0 N–H and O–H groups in total. The van der Waals surface area contributed by atoms with Crippen LogP contribution in [0.5, 0.6) is 0 Å². The number of rotatable bonds is 6. The van der Waals surface area contributed by atoms with Crippen LogP contribution in [0.4, 0.5) is 0 Å². The van der Waals surface area contributed by atoms with Gasteiger partial charge in [-0.2, -0.15) is 4.40 Å². The van der Waals surface area contributed by atoms with E-state index in [1.807, 2.05) is 27.0 Å². The zero-order chi connectivity index (χ0) is 11.0. The predicted molar refractivity (Wildman–Crippen MR) is 65.1 cm³/mol. The molecule has 14 heavy (non-hydrogen) atoms. The first-order chi connectivity index (χ1) is 6.48. The molecule has 0 amide bonds. The number of hydrogen-bond donors (Lipinski definition) is 0. The molecule has 0 aromatic heterocycles. The van der Waals surface area contributed by atoms with Crippen LogP contribution in [0.1, 0.15) is 59.8 Å². The summed E-state index contributed by atoms with van der Waals surface area (Å²) in [7, 11) is -1.08. The van der Waals surface area contributed by atoms with E-state index in [4.69, 9.17) is 0 Å². The van der Waals surface area contributed by atoms with E-state index in [0.717, 1.165) is 6.42 Å². The molecule has 3 heteroatoms. The van der Waals surface area contributed by atoms with E-state index < -0.39 is 11.0 Å². The fourth-order valence-electron chi connectivity index (χ4n) is 0.941. The van der Waals surface area contributed by atoms with Gasteiger partial charge in [-0.3, -0.25) is 0 Å². The van der Waals surface area contributed by atoms with Gasteiger partial charge in [-0.1, -0.05) is 26.2 Å². The van der Waals surface area contributed by atoms with Crippen LogP contribution >= 0.6 is 0 Å². The summed E-state index contributed by atoms with van der Waals surface area (Å²) in [6, 6.07) is 0. The Bertz CT molecular complexity index is 194. The van der Waals surface area contributed by atoms with Gasteiger partial charge in [-0.05, 0) is 33.6 Å². The number of hydrogen-bond acceptors (Lipinski definition) is 1. The SMILES string of the molecule is CCCCCC/C=N\[S@@](=O)C(C)(C)C. The maximum atomic E-state index is 11.5. The van der Waals surface area contributed by atoms with Crippen LogP contribution in [-0.4, -0.2) is 15.2 Å². The summed E-state index contributed by atoms with van der Waals surface area (Å²) in [6.45, 7) is 8.02. The van der Waals surface area contributed by atoms with Gasteiger partial charge >= 0.3 is 0 Å².